The SMILES string of the molecule is COC(=O)C(C)(C)NC(=O)Cc1c(Cl)cccc1Cl. The number of hydrogen-bond acceptors (Lipinski definition) is 3. The number of nitrogens with one attached hydrogen (secondary N) is 1. The van der Waals surface area contributed by atoms with Crippen molar-refractivity contribution in [3.05, 3.63) is 33.8 Å². The Kier molecular flexibility index (Phi) is 5.20. The van der Waals surface area contributed by atoms with Crippen LogP contribution in [0.25, 0.3) is 0 Å². The molecule has 19 heavy (non-hydrogen) atoms. The van der Waals surface area contributed by atoms with Crippen LogP contribution < -0.4 is 5.32 Å². The predicted molar refractivity (Wildman–Crippen MR) is 74.4 cm³/mol. The second-order valence-corrected chi connectivity index (χ2v) is 5.36. The Balaban J connectivity index is 2.79. The van der Waals surface area contributed by atoms with Crippen LogP contribution >= 0.6 is 23.2 Å². The number of carbonyl (C=O) groups excluding carboxylic acids is 2. The van der Waals surface area contributed by atoms with E-state index >= 15 is 0 Å². The van der Waals surface area contributed by atoms with E-state index in [1.807, 2.05) is 0 Å². The molecule has 0 spiro atoms. The summed E-state index contributed by atoms with van der Waals surface area (Å²) >= 11 is 12.0. The van der Waals surface area contributed by atoms with Crippen LogP contribution in [0.4, 0.5) is 0 Å². The van der Waals surface area contributed by atoms with Crippen LogP contribution in [0.5, 0.6) is 0 Å². The molecule has 6 heteroatoms. The normalized spacial score (nSPS) is 11.0. The first-order valence-corrected chi connectivity index (χ1v) is 6.36. The molecule has 0 aliphatic rings. The van der Waals surface area contributed by atoms with E-state index in [1.165, 1.54) is 7.11 Å². The molecule has 104 valence electrons. The Morgan fingerprint density at radius 1 is 1.26 bits per heavy atom. The highest BCUT2D eigenvalue weighted by Gasteiger charge is 2.30. The average molecular weight is 304 g/mol. The third kappa shape index (κ3) is 4.11. The van der Waals surface area contributed by atoms with Gasteiger partial charge in [-0.25, -0.2) is 4.79 Å². The molecule has 0 fully saturated rings. The summed E-state index contributed by atoms with van der Waals surface area (Å²) in [5.74, 6) is -0.878. The Labute approximate surface area is 122 Å². The Morgan fingerprint density at radius 3 is 2.26 bits per heavy atom. The number of esters is 1. The first-order chi connectivity index (χ1) is 8.77. The highest BCUT2D eigenvalue weighted by atomic mass is 35.5. The topological polar surface area (TPSA) is 55.4 Å². The van der Waals surface area contributed by atoms with Gasteiger partial charge >= 0.3 is 5.97 Å². The number of methoxy groups -OCH3 is 1. The third-order valence-electron chi connectivity index (χ3n) is 2.55. The molecule has 0 radical (unpaired) electrons. The molecule has 0 bridgehead atoms. The van der Waals surface area contributed by atoms with Gasteiger partial charge in [-0.2, -0.15) is 0 Å². The fourth-order valence-electron chi connectivity index (χ4n) is 1.56. The van der Waals surface area contributed by atoms with Crippen molar-refractivity contribution in [1.82, 2.24) is 5.32 Å². The van der Waals surface area contributed by atoms with Gasteiger partial charge in [-0.1, -0.05) is 29.3 Å². The lowest BCUT2D eigenvalue weighted by Crippen LogP contribution is -2.50. The van der Waals surface area contributed by atoms with Crippen molar-refractivity contribution in [1.29, 1.82) is 0 Å². The van der Waals surface area contributed by atoms with Gasteiger partial charge in [-0.05, 0) is 31.5 Å². The van der Waals surface area contributed by atoms with Gasteiger partial charge in [0.25, 0.3) is 0 Å². The van der Waals surface area contributed by atoms with Crippen molar-refractivity contribution in [2.75, 3.05) is 7.11 Å². The van der Waals surface area contributed by atoms with Gasteiger partial charge in [-0.15, -0.1) is 0 Å². The maximum atomic E-state index is 11.9. The van der Waals surface area contributed by atoms with Crippen molar-refractivity contribution < 1.29 is 14.3 Å². The van der Waals surface area contributed by atoms with E-state index in [0.717, 1.165) is 0 Å². The molecule has 0 aliphatic carbocycles. The minimum absolute atomic E-state index is 0.00106. The number of hydrogen-bond donors (Lipinski definition) is 1. The average Bonchev–Trinajstić information content (AvgIpc) is 2.32. The highest BCUT2D eigenvalue weighted by molar-refractivity contribution is 6.36. The van der Waals surface area contributed by atoms with E-state index in [0.29, 0.717) is 15.6 Å². The molecule has 1 rings (SSSR count). The van der Waals surface area contributed by atoms with Gasteiger partial charge in [-0.3, -0.25) is 4.79 Å². The van der Waals surface area contributed by atoms with Crippen LogP contribution in [0.3, 0.4) is 0 Å². The monoisotopic (exact) mass is 303 g/mol. The van der Waals surface area contributed by atoms with Crippen LogP contribution in [-0.4, -0.2) is 24.5 Å². The van der Waals surface area contributed by atoms with E-state index < -0.39 is 11.5 Å². The van der Waals surface area contributed by atoms with Crippen molar-refractivity contribution in [3.63, 3.8) is 0 Å². The molecule has 1 N–H and O–H groups in total. The summed E-state index contributed by atoms with van der Waals surface area (Å²) in [5.41, 5.74) is -0.566. The Hall–Kier alpha value is -1.26. The molecule has 0 unspecified atom stereocenters. The molecule has 4 nitrogen and oxygen atoms in total. The second-order valence-electron chi connectivity index (χ2n) is 4.54. The number of rotatable bonds is 4. The van der Waals surface area contributed by atoms with Gasteiger partial charge in [0, 0.05) is 10.0 Å². The van der Waals surface area contributed by atoms with Gasteiger partial charge in [0.2, 0.25) is 5.91 Å². The van der Waals surface area contributed by atoms with E-state index in [1.54, 1.807) is 32.0 Å². The first kappa shape index (κ1) is 15.8. The van der Waals surface area contributed by atoms with Crippen LogP contribution in [-0.2, 0) is 20.7 Å². The molecule has 0 atom stereocenters. The lowest BCUT2D eigenvalue weighted by Gasteiger charge is -2.23. The maximum Gasteiger partial charge on any atom is 0.330 e. The predicted octanol–water partition coefficient (Wildman–Crippen LogP) is 2.60. The summed E-state index contributed by atoms with van der Waals surface area (Å²) in [6.45, 7) is 3.12. The van der Waals surface area contributed by atoms with Gasteiger partial charge in [0.1, 0.15) is 5.54 Å². The smallest absolute Gasteiger partial charge is 0.330 e. The molecule has 1 aromatic carbocycles. The lowest BCUT2D eigenvalue weighted by atomic mass is 10.0. The Bertz CT molecular complexity index is 480. The number of carbonyl (C=O) groups is 2. The summed E-state index contributed by atoms with van der Waals surface area (Å²) in [4.78, 5) is 23.4. The lowest BCUT2D eigenvalue weighted by molar-refractivity contribution is -0.149. The van der Waals surface area contributed by atoms with Crippen molar-refractivity contribution in [2.24, 2.45) is 0 Å². The molecule has 0 saturated heterocycles. The van der Waals surface area contributed by atoms with Gasteiger partial charge < -0.3 is 10.1 Å². The zero-order chi connectivity index (χ0) is 14.6. The molecular formula is C13H15Cl2NO3. The summed E-state index contributed by atoms with van der Waals surface area (Å²) in [6, 6.07) is 5.01. The molecular weight excluding hydrogens is 289 g/mol. The third-order valence-corrected chi connectivity index (χ3v) is 3.25. The van der Waals surface area contributed by atoms with Gasteiger partial charge in [0.15, 0.2) is 0 Å². The van der Waals surface area contributed by atoms with Crippen LogP contribution in [0.15, 0.2) is 18.2 Å². The van der Waals surface area contributed by atoms with Gasteiger partial charge in [0.05, 0.1) is 13.5 Å². The Morgan fingerprint density at radius 2 is 1.79 bits per heavy atom. The number of amides is 1. The summed E-state index contributed by atoms with van der Waals surface area (Å²) < 4.78 is 4.61. The summed E-state index contributed by atoms with van der Waals surface area (Å²) in [7, 11) is 1.27. The number of halogens is 2. The molecule has 1 aromatic rings. The fraction of sp³-hybridized carbons (Fsp3) is 0.385. The standard InChI is InChI=1S/C13H15Cl2NO3/c1-13(2,12(18)19-3)16-11(17)7-8-9(14)5-4-6-10(8)15/h4-6H,7H2,1-3H3,(H,16,17). The summed E-state index contributed by atoms with van der Waals surface area (Å²) in [5, 5.41) is 3.41. The van der Waals surface area contributed by atoms with E-state index in [-0.39, 0.29) is 12.3 Å². The zero-order valence-corrected chi connectivity index (χ0v) is 12.4. The fourth-order valence-corrected chi connectivity index (χ4v) is 2.09. The van der Waals surface area contributed by atoms with E-state index in [4.69, 9.17) is 23.2 Å². The summed E-state index contributed by atoms with van der Waals surface area (Å²) in [6.07, 6.45) is -0.00106. The molecule has 1 amide bonds. The minimum atomic E-state index is -1.10. The van der Waals surface area contributed by atoms with Crippen LogP contribution in [0.2, 0.25) is 10.0 Å². The minimum Gasteiger partial charge on any atom is -0.467 e. The molecule has 0 aromatic heterocycles. The number of benzene rings is 1. The number of ether oxygens (including phenoxy) is 1. The van der Waals surface area contributed by atoms with Crippen LogP contribution in [0.1, 0.15) is 19.4 Å². The molecule has 0 aliphatic heterocycles. The largest absolute Gasteiger partial charge is 0.467 e. The van der Waals surface area contributed by atoms with Crippen molar-refractivity contribution >= 4 is 35.1 Å². The van der Waals surface area contributed by atoms with Crippen molar-refractivity contribution in [3.8, 4) is 0 Å². The van der Waals surface area contributed by atoms with E-state index in [9.17, 15) is 9.59 Å². The molecule has 0 saturated carbocycles. The quantitative estimate of drug-likeness (QED) is 0.870. The van der Waals surface area contributed by atoms with E-state index in [2.05, 4.69) is 10.1 Å². The molecule has 0 heterocycles. The van der Waals surface area contributed by atoms with Crippen LogP contribution in [0, 0.1) is 0 Å². The second kappa shape index (κ2) is 6.26. The zero-order valence-electron chi connectivity index (χ0n) is 10.9. The van der Waals surface area contributed by atoms with Crippen molar-refractivity contribution in [2.45, 2.75) is 25.8 Å². The first-order valence-electron chi connectivity index (χ1n) is 5.60. The highest BCUT2D eigenvalue weighted by Crippen LogP contribution is 2.24. The maximum absolute atomic E-state index is 11.9.